The third-order valence-electron chi connectivity index (χ3n) is 7.64. The minimum Gasteiger partial charge on any atom is -0.493 e. The van der Waals surface area contributed by atoms with E-state index in [9.17, 15) is 8.42 Å². The molecule has 0 spiro atoms. The summed E-state index contributed by atoms with van der Waals surface area (Å²) in [6.07, 6.45) is 7.41. The second-order valence-corrected chi connectivity index (χ2v) is 12.7. The Morgan fingerprint density at radius 1 is 1.00 bits per heavy atom. The molecule has 0 radical (unpaired) electrons. The topological polar surface area (TPSA) is 77.0 Å². The highest BCUT2D eigenvalue weighted by Crippen LogP contribution is 2.49. The van der Waals surface area contributed by atoms with Crippen LogP contribution in [0, 0.1) is 12.8 Å². The van der Waals surface area contributed by atoms with Gasteiger partial charge < -0.3 is 14.2 Å². The van der Waals surface area contributed by atoms with Gasteiger partial charge in [-0.15, -0.1) is 0 Å². The van der Waals surface area contributed by atoms with E-state index >= 15 is 0 Å². The van der Waals surface area contributed by atoms with Crippen molar-refractivity contribution in [1.29, 1.82) is 0 Å². The first-order valence-electron chi connectivity index (χ1n) is 13.4. The van der Waals surface area contributed by atoms with Gasteiger partial charge in [0.25, 0.3) is 0 Å². The molecule has 6 nitrogen and oxygen atoms in total. The quantitative estimate of drug-likeness (QED) is 0.127. The van der Waals surface area contributed by atoms with Crippen LogP contribution in [0.4, 0.5) is 11.4 Å². The number of para-hydroxylation sites is 1. The molecule has 0 aromatic heterocycles. The Bertz CT molecular complexity index is 1750. The Balaban J connectivity index is 1.20. The van der Waals surface area contributed by atoms with E-state index in [-0.39, 0.29) is 22.4 Å². The number of nitrogens with one attached hydrogen (secondary N) is 1. The Labute approximate surface area is 249 Å². The van der Waals surface area contributed by atoms with Crippen LogP contribution in [-0.4, -0.2) is 21.7 Å². The smallest absolute Gasteiger partial charge is 0.339 e. The van der Waals surface area contributed by atoms with E-state index in [1.54, 1.807) is 30.5 Å². The Kier molecular flexibility index (Phi) is 7.45. The van der Waals surface area contributed by atoms with Crippen molar-refractivity contribution in [3.05, 3.63) is 124 Å². The standard InChI is InChI=1S/C33H29BrN2O4S/c1-21-10-16-25(17-11-21)41(37,38)40-33-29(34)18-22(19-31(33)39-2)20-35-24-14-12-23(13-15-24)32-28-8-5-7-26(28)27-6-3-4-9-30(27)36-32/h3-7,9-20,26,28,32,36H,8H2,1-2H3/t26-,28+,32+/m1/s1. The van der Waals surface area contributed by atoms with Crippen LogP contribution in [0.2, 0.25) is 0 Å². The van der Waals surface area contributed by atoms with Crippen LogP contribution in [0.1, 0.15) is 40.6 Å². The summed E-state index contributed by atoms with van der Waals surface area (Å²) in [6, 6.07) is 27.0. The molecule has 0 amide bonds. The molecule has 0 bridgehead atoms. The molecule has 2 aliphatic rings. The van der Waals surface area contributed by atoms with Crippen molar-refractivity contribution in [2.24, 2.45) is 10.9 Å². The van der Waals surface area contributed by atoms with Crippen molar-refractivity contribution in [3.63, 3.8) is 0 Å². The molecule has 41 heavy (non-hydrogen) atoms. The van der Waals surface area contributed by atoms with Crippen LogP contribution < -0.4 is 14.2 Å². The number of nitrogens with zero attached hydrogens (tertiary/aromatic N) is 1. The average molecular weight is 630 g/mol. The summed E-state index contributed by atoms with van der Waals surface area (Å²) >= 11 is 3.45. The van der Waals surface area contributed by atoms with Gasteiger partial charge in [-0.1, -0.05) is 60.2 Å². The zero-order valence-electron chi connectivity index (χ0n) is 22.6. The fourth-order valence-electron chi connectivity index (χ4n) is 5.55. The average Bonchev–Trinajstić information content (AvgIpc) is 3.48. The zero-order valence-corrected chi connectivity index (χ0v) is 25.0. The molecule has 1 aliphatic heterocycles. The molecule has 1 heterocycles. The first kappa shape index (κ1) is 27.3. The molecular formula is C33H29BrN2O4S. The lowest BCUT2D eigenvalue weighted by molar-refractivity contribution is 0.389. The number of hydrogen-bond donors (Lipinski definition) is 1. The van der Waals surface area contributed by atoms with E-state index in [0.717, 1.165) is 23.2 Å². The number of halogens is 1. The molecule has 1 N–H and O–H groups in total. The van der Waals surface area contributed by atoms with E-state index in [4.69, 9.17) is 8.92 Å². The number of aryl methyl sites for hydroxylation is 1. The Morgan fingerprint density at radius 2 is 1.76 bits per heavy atom. The van der Waals surface area contributed by atoms with Gasteiger partial charge in [0.1, 0.15) is 4.90 Å². The van der Waals surface area contributed by atoms with Gasteiger partial charge in [0.15, 0.2) is 11.5 Å². The third kappa shape index (κ3) is 5.54. The van der Waals surface area contributed by atoms with E-state index in [1.807, 2.05) is 19.1 Å². The number of fused-ring (bicyclic) bond motifs is 3. The second kappa shape index (κ2) is 11.2. The second-order valence-electron chi connectivity index (χ2n) is 10.3. The fraction of sp³-hybridized carbons (Fsp3) is 0.182. The SMILES string of the molecule is COc1cc(C=Nc2ccc([C@@H]3Nc4ccccc4[C@H]4C=CC[C@@H]43)cc2)cc(Br)c1OS(=O)(=O)c1ccc(C)cc1. The zero-order chi connectivity index (χ0) is 28.6. The van der Waals surface area contributed by atoms with Crippen molar-refractivity contribution in [2.45, 2.75) is 30.2 Å². The number of ether oxygens (including phenoxy) is 1. The summed E-state index contributed by atoms with van der Waals surface area (Å²) < 4.78 is 37.1. The highest BCUT2D eigenvalue weighted by Gasteiger charge is 2.37. The van der Waals surface area contributed by atoms with Gasteiger partial charge in [0.05, 0.1) is 23.3 Å². The number of hydrogen-bond acceptors (Lipinski definition) is 6. The van der Waals surface area contributed by atoms with Crippen LogP contribution in [0.3, 0.4) is 0 Å². The molecule has 0 saturated carbocycles. The van der Waals surface area contributed by atoms with Gasteiger partial charge >= 0.3 is 10.1 Å². The lowest BCUT2D eigenvalue weighted by Crippen LogP contribution is -2.28. The highest BCUT2D eigenvalue weighted by molar-refractivity contribution is 9.10. The van der Waals surface area contributed by atoms with Crippen molar-refractivity contribution in [1.82, 2.24) is 0 Å². The molecule has 4 aromatic rings. The van der Waals surface area contributed by atoms with E-state index in [2.05, 4.69) is 74.8 Å². The van der Waals surface area contributed by atoms with Gasteiger partial charge in [-0.2, -0.15) is 8.42 Å². The van der Waals surface area contributed by atoms with Crippen molar-refractivity contribution in [2.75, 3.05) is 12.4 Å². The van der Waals surface area contributed by atoms with E-state index in [1.165, 1.54) is 36.1 Å². The maximum absolute atomic E-state index is 12.9. The molecular weight excluding hydrogens is 600 g/mol. The summed E-state index contributed by atoms with van der Waals surface area (Å²) in [7, 11) is -2.57. The number of allylic oxidation sites excluding steroid dienone is 2. The Hall–Kier alpha value is -3.88. The molecule has 0 unspecified atom stereocenters. The third-order valence-corrected chi connectivity index (χ3v) is 9.47. The normalized spacial score (nSPS) is 19.4. The van der Waals surface area contributed by atoms with E-state index in [0.29, 0.717) is 16.3 Å². The van der Waals surface area contributed by atoms with Gasteiger partial charge in [-0.3, -0.25) is 4.99 Å². The molecule has 3 atom stereocenters. The predicted octanol–water partition coefficient (Wildman–Crippen LogP) is 8.11. The summed E-state index contributed by atoms with van der Waals surface area (Å²) in [5.41, 5.74) is 6.29. The minimum absolute atomic E-state index is 0.0680. The molecule has 8 heteroatoms. The Morgan fingerprint density at radius 3 is 2.51 bits per heavy atom. The molecule has 0 saturated heterocycles. The first-order valence-corrected chi connectivity index (χ1v) is 15.6. The summed E-state index contributed by atoms with van der Waals surface area (Å²) in [4.78, 5) is 4.72. The number of aliphatic imine (C=N–C) groups is 1. The van der Waals surface area contributed by atoms with Crippen LogP contribution in [0.15, 0.2) is 111 Å². The minimum atomic E-state index is -4.04. The monoisotopic (exact) mass is 628 g/mol. The molecule has 4 aromatic carbocycles. The van der Waals surface area contributed by atoms with E-state index < -0.39 is 10.1 Å². The highest BCUT2D eigenvalue weighted by atomic mass is 79.9. The molecule has 1 aliphatic carbocycles. The number of methoxy groups -OCH3 is 1. The molecule has 0 fully saturated rings. The number of rotatable bonds is 7. The van der Waals surface area contributed by atoms with Gasteiger partial charge in [0, 0.05) is 17.8 Å². The van der Waals surface area contributed by atoms with Gasteiger partial charge in [0.2, 0.25) is 0 Å². The number of benzene rings is 4. The maximum Gasteiger partial charge on any atom is 0.339 e. The lowest BCUT2D eigenvalue weighted by atomic mass is 9.77. The van der Waals surface area contributed by atoms with Crippen molar-refractivity contribution in [3.8, 4) is 11.5 Å². The van der Waals surface area contributed by atoms with Gasteiger partial charge in [-0.05, 0) is 94.3 Å². The summed E-state index contributed by atoms with van der Waals surface area (Å²) in [5, 5.41) is 3.76. The lowest BCUT2D eigenvalue weighted by Gasteiger charge is -2.37. The molecule has 208 valence electrons. The fourth-order valence-corrected chi connectivity index (χ4v) is 7.15. The van der Waals surface area contributed by atoms with Crippen LogP contribution in [0.25, 0.3) is 0 Å². The largest absolute Gasteiger partial charge is 0.493 e. The summed E-state index contributed by atoms with van der Waals surface area (Å²) in [6.45, 7) is 1.89. The van der Waals surface area contributed by atoms with Crippen molar-refractivity contribution >= 4 is 43.6 Å². The van der Waals surface area contributed by atoms with Crippen LogP contribution in [-0.2, 0) is 10.1 Å². The number of anilines is 1. The first-order chi connectivity index (χ1) is 19.8. The predicted molar refractivity (Wildman–Crippen MR) is 166 cm³/mol. The van der Waals surface area contributed by atoms with Crippen LogP contribution >= 0.6 is 15.9 Å². The molecule has 6 rings (SSSR count). The van der Waals surface area contributed by atoms with Crippen LogP contribution in [0.5, 0.6) is 11.5 Å². The van der Waals surface area contributed by atoms with Gasteiger partial charge in [-0.25, -0.2) is 0 Å². The summed E-state index contributed by atoms with van der Waals surface area (Å²) in [5.74, 6) is 1.27. The maximum atomic E-state index is 12.9. The van der Waals surface area contributed by atoms with Crippen molar-refractivity contribution < 1.29 is 17.3 Å².